The molecule has 3 saturated heterocycles. The Morgan fingerprint density at radius 1 is 1.00 bits per heavy atom. The molecule has 290 valence electrons. The van der Waals surface area contributed by atoms with E-state index in [4.69, 9.17) is 34.3 Å². The Kier molecular flexibility index (Phi) is 13.0. The Morgan fingerprint density at radius 3 is 2.21 bits per heavy atom. The molecule has 1 amide bonds. The molecule has 0 aliphatic carbocycles. The third kappa shape index (κ3) is 8.06. The van der Waals surface area contributed by atoms with Crippen LogP contribution in [0.15, 0.2) is 30.3 Å². The molecule has 0 saturated carbocycles. The number of hydrogen-bond donors (Lipinski definition) is 1. The number of Topliss-reactive ketones (excluding diaryl/α,β-unsaturated/α-hetero) is 2. The SMILES string of the molecule is CC[C@H]1OC(=O)[C@H](C)C(=O)[C@H](C)[C@@H](O[C@@H]2O[C@H](C)C[C@H](N(C)C)[C@H]2OC(=O)c2ccccc2)[C@](C)(OC)C[C@@H](C)C(=O)[C@H](C)[C@H]2N(N)C(=O)O[C@]12C. The number of hydrazine groups is 1. The molecule has 0 radical (unpaired) electrons. The van der Waals surface area contributed by atoms with Crippen molar-refractivity contribution >= 4 is 29.6 Å². The number of cyclic esters (lactones) is 1. The molecule has 1 aromatic rings. The summed E-state index contributed by atoms with van der Waals surface area (Å²) in [5, 5.41) is 0.884. The quantitative estimate of drug-likeness (QED) is 0.141. The Morgan fingerprint density at radius 2 is 1.63 bits per heavy atom. The van der Waals surface area contributed by atoms with E-state index >= 15 is 0 Å². The normalized spacial score (nSPS) is 39.4. The van der Waals surface area contributed by atoms with Crippen LogP contribution in [0.1, 0.15) is 85.0 Å². The number of rotatable bonds is 7. The molecule has 2 N–H and O–H groups in total. The maximum atomic E-state index is 14.3. The first kappa shape index (κ1) is 41.3. The highest BCUT2D eigenvalue weighted by Gasteiger charge is 2.60. The summed E-state index contributed by atoms with van der Waals surface area (Å²) in [6, 6.07) is 7.26. The van der Waals surface area contributed by atoms with Gasteiger partial charge in [0, 0.05) is 24.9 Å². The van der Waals surface area contributed by atoms with Gasteiger partial charge in [-0.05, 0) is 73.2 Å². The van der Waals surface area contributed by atoms with E-state index in [1.54, 1.807) is 71.9 Å². The molecular weight excluding hydrogens is 674 g/mol. The minimum atomic E-state index is -1.48. The smallest absolute Gasteiger partial charge is 0.425 e. The molecule has 0 bridgehead atoms. The maximum absolute atomic E-state index is 14.3. The molecule has 0 spiro atoms. The van der Waals surface area contributed by atoms with Crippen molar-refractivity contribution in [2.24, 2.45) is 29.5 Å². The van der Waals surface area contributed by atoms with Crippen molar-refractivity contribution in [2.45, 2.75) is 129 Å². The molecule has 14 heteroatoms. The standard InChI is InChI=1S/C38H57N3O11/c1-12-27-38(8)31(41(39)36(46)52-38)22(4)28(42)20(2)19-37(7,47-11)32(23(5)29(43)24(6)33(44)49-27)51-35-30(26(40(9)10)18-21(3)48-35)50-34(45)25-16-14-13-15-17-25/h13-17,20-24,26-27,30-32,35H,12,18-19,39H2,1-11H3/t20-,21-,22+,23+,24-,26+,27-,30-,31-,32-,35+,37-,38-/m1/s1. The monoisotopic (exact) mass is 731 g/mol. The first-order chi connectivity index (χ1) is 24.3. The zero-order valence-electron chi connectivity index (χ0n) is 32.3. The largest absolute Gasteiger partial charge is 0.458 e. The summed E-state index contributed by atoms with van der Waals surface area (Å²) in [6.45, 7) is 13.5. The summed E-state index contributed by atoms with van der Waals surface area (Å²) in [6.07, 6.45) is -4.60. The molecule has 52 heavy (non-hydrogen) atoms. The average Bonchev–Trinajstić information content (AvgIpc) is 3.35. The van der Waals surface area contributed by atoms with Gasteiger partial charge < -0.3 is 33.3 Å². The van der Waals surface area contributed by atoms with Crippen LogP contribution < -0.4 is 5.84 Å². The van der Waals surface area contributed by atoms with E-state index < -0.39 is 89.3 Å². The van der Waals surface area contributed by atoms with Crippen molar-refractivity contribution in [1.29, 1.82) is 0 Å². The third-order valence-electron chi connectivity index (χ3n) is 11.3. The van der Waals surface area contributed by atoms with Gasteiger partial charge in [0.1, 0.15) is 23.8 Å². The Hall–Kier alpha value is -3.43. The van der Waals surface area contributed by atoms with Gasteiger partial charge in [-0.25, -0.2) is 20.4 Å². The van der Waals surface area contributed by atoms with Gasteiger partial charge in [-0.1, -0.05) is 45.9 Å². The molecule has 3 heterocycles. The summed E-state index contributed by atoms with van der Waals surface area (Å²) < 4.78 is 37.1. The highest BCUT2D eigenvalue weighted by atomic mass is 16.7. The van der Waals surface area contributed by atoms with E-state index in [9.17, 15) is 24.0 Å². The van der Waals surface area contributed by atoms with Gasteiger partial charge in [0.2, 0.25) is 0 Å². The molecule has 13 atom stereocenters. The average molecular weight is 732 g/mol. The van der Waals surface area contributed by atoms with Crippen LogP contribution in [0.5, 0.6) is 0 Å². The number of benzene rings is 1. The Labute approximate surface area is 306 Å². The fraction of sp³-hybridized carbons (Fsp3) is 0.711. The molecule has 14 nitrogen and oxygen atoms in total. The molecule has 4 rings (SSSR count). The lowest BCUT2D eigenvalue weighted by Crippen LogP contribution is -2.61. The van der Waals surface area contributed by atoms with Crippen LogP contribution in [0, 0.1) is 23.7 Å². The van der Waals surface area contributed by atoms with Gasteiger partial charge in [-0.15, -0.1) is 0 Å². The summed E-state index contributed by atoms with van der Waals surface area (Å²) in [4.78, 5) is 70.6. The summed E-state index contributed by atoms with van der Waals surface area (Å²) >= 11 is 0. The fourth-order valence-corrected chi connectivity index (χ4v) is 8.29. The molecular formula is C38H57N3O11. The van der Waals surface area contributed by atoms with Crippen LogP contribution in [-0.2, 0) is 42.8 Å². The number of ether oxygens (including phenoxy) is 6. The first-order valence-corrected chi connectivity index (χ1v) is 18.1. The van der Waals surface area contributed by atoms with Crippen molar-refractivity contribution in [1.82, 2.24) is 9.91 Å². The van der Waals surface area contributed by atoms with Gasteiger partial charge >= 0.3 is 18.0 Å². The molecule has 3 aliphatic heterocycles. The van der Waals surface area contributed by atoms with Gasteiger partial charge in [-0.3, -0.25) is 14.4 Å². The van der Waals surface area contributed by atoms with E-state index in [-0.39, 0.29) is 30.8 Å². The summed E-state index contributed by atoms with van der Waals surface area (Å²) in [5.41, 5.74) is -2.46. The molecule has 0 aromatic heterocycles. The van der Waals surface area contributed by atoms with Crippen molar-refractivity contribution in [3.63, 3.8) is 0 Å². The van der Waals surface area contributed by atoms with Crippen molar-refractivity contribution < 1.29 is 52.4 Å². The third-order valence-corrected chi connectivity index (χ3v) is 11.3. The second-order valence-electron chi connectivity index (χ2n) is 15.3. The maximum Gasteiger partial charge on any atom is 0.425 e. The van der Waals surface area contributed by atoms with E-state index in [0.717, 1.165) is 5.01 Å². The van der Waals surface area contributed by atoms with Crippen molar-refractivity contribution in [3.05, 3.63) is 35.9 Å². The number of esters is 2. The van der Waals surface area contributed by atoms with Crippen LogP contribution in [0.2, 0.25) is 0 Å². The topological polar surface area (TPSA) is 173 Å². The zero-order valence-corrected chi connectivity index (χ0v) is 32.3. The van der Waals surface area contributed by atoms with E-state index in [0.29, 0.717) is 12.0 Å². The highest BCUT2D eigenvalue weighted by Crippen LogP contribution is 2.42. The Balaban J connectivity index is 1.80. The predicted molar refractivity (Wildman–Crippen MR) is 189 cm³/mol. The van der Waals surface area contributed by atoms with Crippen LogP contribution in [-0.4, -0.2) is 115 Å². The lowest BCUT2D eigenvalue weighted by Gasteiger charge is -2.47. The fourth-order valence-electron chi connectivity index (χ4n) is 8.29. The van der Waals surface area contributed by atoms with Gasteiger partial charge in [-0.2, -0.15) is 0 Å². The molecule has 0 unspecified atom stereocenters. The first-order valence-electron chi connectivity index (χ1n) is 18.1. The number of nitrogens with zero attached hydrogens (tertiary/aromatic N) is 2. The lowest BCUT2D eigenvalue weighted by atomic mass is 9.73. The number of nitrogens with two attached hydrogens (primary N) is 1. The van der Waals surface area contributed by atoms with E-state index in [1.165, 1.54) is 14.0 Å². The summed E-state index contributed by atoms with van der Waals surface area (Å²) in [7, 11) is 5.21. The van der Waals surface area contributed by atoms with Crippen LogP contribution in [0.3, 0.4) is 0 Å². The number of hydrogen-bond acceptors (Lipinski definition) is 13. The minimum absolute atomic E-state index is 0.0711. The number of ketones is 2. The number of carbonyl (C=O) groups is 5. The predicted octanol–water partition coefficient (Wildman–Crippen LogP) is 3.93. The minimum Gasteiger partial charge on any atom is -0.458 e. The second-order valence-corrected chi connectivity index (χ2v) is 15.3. The van der Waals surface area contributed by atoms with Crippen LogP contribution >= 0.6 is 0 Å². The van der Waals surface area contributed by atoms with Gasteiger partial charge in [0.15, 0.2) is 23.8 Å². The number of methoxy groups -OCH3 is 1. The Bertz CT molecular complexity index is 1470. The van der Waals surface area contributed by atoms with Crippen LogP contribution in [0.4, 0.5) is 4.79 Å². The number of likely N-dealkylation sites (N-methyl/N-ethyl adjacent to an activating group) is 1. The number of amides is 1. The van der Waals surface area contributed by atoms with Crippen LogP contribution in [0.25, 0.3) is 0 Å². The number of carbonyl (C=O) groups excluding carboxylic acids is 5. The van der Waals surface area contributed by atoms with E-state index in [2.05, 4.69) is 0 Å². The van der Waals surface area contributed by atoms with Gasteiger partial charge in [0.05, 0.1) is 29.4 Å². The zero-order chi connectivity index (χ0) is 38.9. The molecule has 3 fully saturated rings. The van der Waals surface area contributed by atoms with Crippen molar-refractivity contribution in [2.75, 3.05) is 21.2 Å². The lowest BCUT2D eigenvalue weighted by molar-refractivity contribution is -0.294. The summed E-state index contributed by atoms with van der Waals surface area (Å²) in [5.74, 6) is 0.240. The number of fused-ring (bicyclic) bond motifs is 1. The van der Waals surface area contributed by atoms with Crippen molar-refractivity contribution in [3.8, 4) is 0 Å². The highest BCUT2D eigenvalue weighted by molar-refractivity contribution is 6.00. The van der Waals surface area contributed by atoms with E-state index in [1.807, 2.05) is 25.9 Å². The molecule has 1 aromatic carbocycles. The van der Waals surface area contributed by atoms with Gasteiger partial charge in [0.25, 0.3) is 0 Å². The second kappa shape index (κ2) is 16.3. The molecule has 3 aliphatic rings.